The molecule has 0 heterocycles. The molecule has 0 aliphatic rings. The average molecular weight is 188 g/mol. The summed E-state index contributed by atoms with van der Waals surface area (Å²) in [5.74, 6) is -0.556. The van der Waals surface area contributed by atoms with E-state index in [4.69, 9.17) is 28.3 Å². The summed E-state index contributed by atoms with van der Waals surface area (Å²) in [5, 5.41) is 18.7. The predicted molar refractivity (Wildman–Crippen MR) is 38.3 cm³/mol. The monoisotopic (exact) mass is 187 g/mol. The summed E-state index contributed by atoms with van der Waals surface area (Å²) in [4.78, 5) is 9.53. The molecule has 0 aromatic rings. The Bertz CT molecular complexity index is 117. The summed E-state index contributed by atoms with van der Waals surface area (Å²) in [6, 6.07) is 0. The van der Waals surface area contributed by atoms with E-state index in [1.807, 2.05) is 0 Å². The molecule has 0 radical (unpaired) electrons. The lowest BCUT2D eigenvalue weighted by atomic mass is 10.1. The van der Waals surface area contributed by atoms with E-state index in [2.05, 4.69) is 0 Å². The first-order valence-electron chi connectivity index (χ1n) is 2.50. The molecule has 1 N–H and O–H groups in total. The van der Waals surface area contributed by atoms with Crippen LogP contribution in [-0.4, -0.2) is 33.9 Å². The van der Waals surface area contributed by atoms with Crippen molar-refractivity contribution in [3.05, 3.63) is 10.1 Å². The number of halogens is 2. The van der Waals surface area contributed by atoms with Gasteiger partial charge in [-0.1, -0.05) is 0 Å². The zero-order valence-corrected chi connectivity index (χ0v) is 6.60. The van der Waals surface area contributed by atoms with Gasteiger partial charge in [-0.25, -0.2) is 0 Å². The third-order valence-corrected chi connectivity index (χ3v) is 2.17. The Morgan fingerprint density at radius 1 is 1.50 bits per heavy atom. The van der Waals surface area contributed by atoms with E-state index in [1.165, 1.54) is 0 Å². The lowest BCUT2D eigenvalue weighted by molar-refractivity contribution is -0.561. The van der Waals surface area contributed by atoms with Crippen molar-refractivity contribution in [3.8, 4) is 0 Å². The van der Waals surface area contributed by atoms with E-state index in [-0.39, 0.29) is 11.8 Å². The van der Waals surface area contributed by atoms with Crippen molar-refractivity contribution in [2.24, 2.45) is 0 Å². The molecule has 0 amide bonds. The Morgan fingerprint density at radius 2 is 1.90 bits per heavy atom. The second kappa shape index (κ2) is 3.95. The van der Waals surface area contributed by atoms with Gasteiger partial charge in [0.15, 0.2) is 0 Å². The Labute approximate surface area is 67.9 Å². The van der Waals surface area contributed by atoms with Gasteiger partial charge in [0.2, 0.25) is 0 Å². The molecule has 6 heteroatoms. The number of nitrogens with zero attached hydrogens (tertiary/aromatic N) is 1. The van der Waals surface area contributed by atoms with Gasteiger partial charge < -0.3 is 5.11 Å². The van der Waals surface area contributed by atoms with Crippen LogP contribution in [0.1, 0.15) is 0 Å². The first-order chi connectivity index (χ1) is 4.63. The minimum atomic E-state index is -1.57. The van der Waals surface area contributed by atoms with Crippen molar-refractivity contribution in [1.29, 1.82) is 0 Å². The smallest absolute Gasteiger partial charge is 0.271 e. The Morgan fingerprint density at radius 3 is 1.90 bits per heavy atom. The maximum Gasteiger partial charge on any atom is 0.271 e. The summed E-state index contributed by atoms with van der Waals surface area (Å²) in [6.07, 6.45) is 0. The first kappa shape index (κ1) is 9.94. The molecule has 0 atom stereocenters. The minimum Gasteiger partial charge on any atom is -0.389 e. The third kappa shape index (κ3) is 1.71. The highest BCUT2D eigenvalue weighted by molar-refractivity contribution is 6.21. The van der Waals surface area contributed by atoms with E-state index in [9.17, 15) is 10.1 Å². The fourth-order valence-electron chi connectivity index (χ4n) is 0.276. The zero-order valence-electron chi connectivity index (χ0n) is 5.09. The van der Waals surface area contributed by atoms with E-state index >= 15 is 0 Å². The largest absolute Gasteiger partial charge is 0.389 e. The molecular formula is C4H7Cl2NO3. The van der Waals surface area contributed by atoms with E-state index in [0.717, 1.165) is 0 Å². The second-order valence-electron chi connectivity index (χ2n) is 1.91. The molecule has 0 unspecified atom stereocenters. The zero-order chi connectivity index (χ0) is 8.20. The number of hydrogen-bond acceptors (Lipinski definition) is 3. The molecule has 0 rings (SSSR count). The molecule has 0 aromatic carbocycles. The van der Waals surface area contributed by atoms with Gasteiger partial charge in [-0.3, -0.25) is 10.1 Å². The molecular weight excluding hydrogens is 181 g/mol. The summed E-state index contributed by atoms with van der Waals surface area (Å²) in [5.41, 5.74) is -1.57. The van der Waals surface area contributed by atoms with Crippen LogP contribution in [0.5, 0.6) is 0 Å². The topological polar surface area (TPSA) is 63.4 Å². The standard InChI is InChI=1S/C4H7Cl2NO3/c5-1-4(2-6,3-8)7(9)10/h8H,1-3H2. The van der Waals surface area contributed by atoms with Crippen LogP contribution < -0.4 is 0 Å². The third-order valence-electron chi connectivity index (χ3n) is 1.18. The Kier molecular flexibility index (Phi) is 3.93. The fraction of sp³-hybridized carbons (Fsp3) is 1.00. The Balaban J connectivity index is 4.31. The fourth-order valence-corrected chi connectivity index (χ4v) is 0.925. The number of hydrogen-bond donors (Lipinski definition) is 1. The molecule has 10 heavy (non-hydrogen) atoms. The maximum atomic E-state index is 10.2. The van der Waals surface area contributed by atoms with Gasteiger partial charge in [0.25, 0.3) is 5.54 Å². The number of aliphatic hydroxyl groups is 1. The normalized spacial score (nSPS) is 11.5. The molecule has 60 valence electrons. The van der Waals surface area contributed by atoms with Crippen LogP contribution in [0.4, 0.5) is 0 Å². The van der Waals surface area contributed by atoms with Crippen molar-refractivity contribution in [2.75, 3.05) is 18.4 Å². The number of nitro groups is 1. The molecule has 0 spiro atoms. The van der Waals surface area contributed by atoms with Crippen LogP contribution in [-0.2, 0) is 0 Å². The first-order valence-corrected chi connectivity index (χ1v) is 3.57. The average Bonchev–Trinajstić information content (AvgIpc) is 1.92. The van der Waals surface area contributed by atoms with Crippen molar-refractivity contribution in [1.82, 2.24) is 0 Å². The minimum absolute atomic E-state index is 0.278. The molecule has 0 fully saturated rings. The van der Waals surface area contributed by atoms with Gasteiger partial charge in [0, 0.05) is 4.92 Å². The van der Waals surface area contributed by atoms with Crippen LogP contribution in [0.2, 0.25) is 0 Å². The highest BCUT2D eigenvalue weighted by Crippen LogP contribution is 2.13. The summed E-state index contributed by atoms with van der Waals surface area (Å²) in [6.45, 7) is -0.632. The van der Waals surface area contributed by atoms with Crippen LogP contribution in [0, 0.1) is 10.1 Å². The molecule has 0 saturated carbocycles. The quantitative estimate of drug-likeness (QED) is 0.396. The van der Waals surface area contributed by atoms with Crippen molar-refractivity contribution >= 4 is 23.2 Å². The summed E-state index contributed by atoms with van der Waals surface area (Å²) in [7, 11) is 0. The van der Waals surface area contributed by atoms with Gasteiger partial charge in [-0.2, -0.15) is 0 Å². The van der Waals surface area contributed by atoms with E-state index in [1.54, 1.807) is 0 Å². The SMILES string of the molecule is O=[N+]([O-])C(CO)(CCl)CCl. The van der Waals surface area contributed by atoms with Gasteiger partial charge in [0.05, 0.1) is 11.8 Å². The number of rotatable bonds is 4. The summed E-state index contributed by atoms with van der Waals surface area (Å²) < 4.78 is 0. The molecule has 4 nitrogen and oxygen atoms in total. The van der Waals surface area contributed by atoms with Gasteiger partial charge >= 0.3 is 0 Å². The Hall–Kier alpha value is -0.0600. The summed E-state index contributed by atoms with van der Waals surface area (Å²) >= 11 is 10.5. The van der Waals surface area contributed by atoms with Gasteiger partial charge in [-0.15, -0.1) is 23.2 Å². The molecule has 0 bridgehead atoms. The van der Waals surface area contributed by atoms with Crippen LogP contribution in [0.3, 0.4) is 0 Å². The predicted octanol–water partition coefficient (Wildman–Crippen LogP) is 0.472. The molecule has 0 aromatic heterocycles. The highest BCUT2D eigenvalue weighted by atomic mass is 35.5. The molecule has 0 aliphatic heterocycles. The van der Waals surface area contributed by atoms with E-state index in [0.29, 0.717) is 0 Å². The van der Waals surface area contributed by atoms with Crippen LogP contribution >= 0.6 is 23.2 Å². The number of alkyl halides is 2. The lowest BCUT2D eigenvalue weighted by Crippen LogP contribution is -2.46. The van der Waals surface area contributed by atoms with Gasteiger partial charge in [0.1, 0.15) is 6.61 Å². The second-order valence-corrected chi connectivity index (χ2v) is 2.44. The number of aliphatic hydroxyl groups excluding tert-OH is 1. The maximum absolute atomic E-state index is 10.2. The highest BCUT2D eigenvalue weighted by Gasteiger charge is 2.40. The van der Waals surface area contributed by atoms with Crippen molar-refractivity contribution < 1.29 is 10.0 Å². The lowest BCUT2D eigenvalue weighted by Gasteiger charge is -2.16. The molecule has 0 saturated heterocycles. The van der Waals surface area contributed by atoms with Crippen molar-refractivity contribution in [3.63, 3.8) is 0 Å². The van der Waals surface area contributed by atoms with Crippen molar-refractivity contribution in [2.45, 2.75) is 5.54 Å². The van der Waals surface area contributed by atoms with Crippen LogP contribution in [0.25, 0.3) is 0 Å². The van der Waals surface area contributed by atoms with Crippen LogP contribution in [0.15, 0.2) is 0 Å². The van der Waals surface area contributed by atoms with E-state index < -0.39 is 17.1 Å². The van der Waals surface area contributed by atoms with Gasteiger partial charge in [-0.05, 0) is 0 Å². The molecule has 0 aliphatic carbocycles.